The molecule has 0 bridgehead atoms. The fraction of sp³-hybridized carbons (Fsp3) is 0.241. The summed E-state index contributed by atoms with van der Waals surface area (Å²) < 4.78 is 15.7. The van der Waals surface area contributed by atoms with Crippen LogP contribution in [0.5, 0.6) is 11.5 Å². The molecule has 0 radical (unpaired) electrons. The Morgan fingerprint density at radius 3 is 2.29 bits per heavy atom. The van der Waals surface area contributed by atoms with E-state index in [2.05, 4.69) is 5.32 Å². The molecule has 0 aliphatic carbocycles. The molecule has 1 saturated heterocycles. The van der Waals surface area contributed by atoms with E-state index in [-0.39, 0.29) is 36.2 Å². The highest BCUT2D eigenvalue weighted by Gasteiger charge is 2.39. The molecule has 2 amide bonds. The van der Waals surface area contributed by atoms with Crippen molar-refractivity contribution in [2.75, 3.05) is 32.3 Å². The van der Waals surface area contributed by atoms with E-state index in [9.17, 15) is 19.2 Å². The Morgan fingerprint density at radius 1 is 0.895 bits per heavy atom. The van der Waals surface area contributed by atoms with Gasteiger partial charge in [-0.05, 0) is 54.9 Å². The van der Waals surface area contributed by atoms with Crippen LogP contribution in [0.3, 0.4) is 0 Å². The molecule has 1 aliphatic rings. The summed E-state index contributed by atoms with van der Waals surface area (Å²) in [5.74, 6) is -0.411. The molecule has 0 spiro atoms. The summed E-state index contributed by atoms with van der Waals surface area (Å²) in [6, 6.07) is 19.5. The van der Waals surface area contributed by atoms with E-state index in [0.29, 0.717) is 35.7 Å². The summed E-state index contributed by atoms with van der Waals surface area (Å²) in [6.07, 6.45) is 0.665. The Kier molecular flexibility index (Phi) is 8.50. The molecule has 0 aromatic heterocycles. The van der Waals surface area contributed by atoms with E-state index in [1.54, 1.807) is 44.6 Å². The normalized spacial score (nSPS) is 14.9. The van der Waals surface area contributed by atoms with Crippen LogP contribution in [0.15, 0.2) is 72.8 Å². The van der Waals surface area contributed by atoms with Gasteiger partial charge in [0.25, 0.3) is 5.91 Å². The second kappa shape index (κ2) is 12.2. The van der Waals surface area contributed by atoms with Crippen molar-refractivity contribution < 1.29 is 33.4 Å². The lowest BCUT2D eigenvalue weighted by Crippen LogP contribution is -2.39. The number of carbonyl (C=O) groups is 4. The number of nitrogens with zero attached hydrogens (tertiary/aromatic N) is 1. The van der Waals surface area contributed by atoms with Crippen LogP contribution < -0.4 is 19.7 Å². The first-order valence-electron chi connectivity index (χ1n) is 12.1. The predicted molar refractivity (Wildman–Crippen MR) is 140 cm³/mol. The summed E-state index contributed by atoms with van der Waals surface area (Å²) in [5.41, 5.74) is 2.02. The standard InChI is InChI=1S/C29H28N2O7/c1-36-25-13-8-19(16-26(25)37-2)14-15-30-23-17-27(33)31(28(23)34)22-11-9-21(10-12-22)29(35)38-18-24(32)20-6-4-3-5-7-20/h3-13,16,23,30H,14-15,17-18H2,1-2H3. The van der Waals surface area contributed by atoms with Gasteiger partial charge < -0.3 is 19.5 Å². The van der Waals surface area contributed by atoms with Crippen molar-refractivity contribution in [3.63, 3.8) is 0 Å². The van der Waals surface area contributed by atoms with Crippen molar-refractivity contribution in [1.29, 1.82) is 0 Å². The molecule has 1 fully saturated rings. The number of imide groups is 1. The number of ketones is 1. The smallest absolute Gasteiger partial charge is 0.338 e. The van der Waals surface area contributed by atoms with Crippen molar-refractivity contribution in [2.45, 2.75) is 18.9 Å². The molecule has 1 N–H and O–H groups in total. The summed E-state index contributed by atoms with van der Waals surface area (Å²) >= 11 is 0. The number of anilines is 1. The molecule has 4 rings (SSSR count). The van der Waals surface area contributed by atoms with Gasteiger partial charge in [-0.25, -0.2) is 9.69 Å². The minimum absolute atomic E-state index is 0.0379. The highest BCUT2D eigenvalue weighted by molar-refractivity contribution is 6.22. The van der Waals surface area contributed by atoms with Gasteiger partial charge in [0.1, 0.15) is 0 Å². The van der Waals surface area contributed by atoms with Gasteiger partial charge in [0.05, 0.1) is 37.9 Å². The molecule has 3 aromatic rings. The van der Waals surface area contributed by atoms with E-state index in [0.717, 1.165) is 10.5 Å². The zero-order valence-corrected chi connectivity index (χ0v) is 21.1. The van der Waals surface area contributed by atoms with Gasteiger partial charge in [-0.1, -0.05) is 36.4 Å². The molecule has 196 valence electrons. The molecule has 9 heteroatoms. The van der Waals surface area contributed by atoms with Gasteiger partial charge in [0.2, 0.25) is 5.91 Å². The van der Waals surface area contributed by atoms with Crippen LogP contribution in [0.4, 0.5) is 5.69 Å². The molecule has 1 aliphatic heterocycles. The van der Waals surface area contributed by atoms with Gasteiger partial charge in [-0.3, -0.25) is 14.4 Å². The van der Waals surface area contributed by atoms with Crippen LogP contribution in [0.25, 0.3) is 0 Å². The Bertz CT molecular complexity index is 1320. The number of methoxy groups -OCH3 is 2. The first-order valence-corrected chi connectivity index (χ1v) is 12.1. The average molecular weight is 517 g/mol. The number of hydrogen-bond donors (Lipinski definition) is 1. The van der Waals surface area contributed by atoms with Crippen LogP contribution in [0, 0.1) is 0 Å². The monoisotopic (exact) mass is 516 g/mol. The van der Waals surface area contributed by atoms with Gasteiger partial charge in [-0.2, -0.15) is 0 Å². The highest BCUT2D eigenvalue weighted by Crippen LogP contribution is 2.28. The van der Waals surface area contributed by atoms with Crippen LogP contribution in [-0.4, -0.2) is 57.0 Å². The van der Waals surface area contributed by atoms with Crippen molar-refractivity contribution in [2.24, 2.45) is 0 Å². The molecular formula is C29H28N2O7. The lowest BCUT2D eigenvalue weighted by atomic mass is 10.1. The highest BCUT2D eigenvalue weighted by atomic mass is 16.5. The summed E-state index contributed by atoms with van der Waals surface area (Å²) in [5, 5.41) is 3.16. The van der Waals surface area contributed by atoms with Crippen LogP contribution in [0.2, 0.25) is 0 Å². The summed E-state index contributed by atoms with van der Waals surface area (Å²) in [6.45, 7) is 0.101. The predicted octanol–water partition coefficient (Wildman–Crippen LogP) is 3.21. The average Bonchev–Trinajstić information content (AvgIpc) is 3.24. The Morgan fingerprint density at radius 2 is 1.61 bits per heavy atom. The Labute approximate surface area is 220 Å². The molecular weight excluding hydrogens is 488 g/mol. The van der Waals surface area contributed by atoms with Crippen LogP contribution in [0.1, 0.15) is 32.7 Å². The van der Waals surface area contributed by atoms with Gasteiger partial charge in [0, 0.05) is 5.56 Å². The Hall–Kier alpha value is -4.50. The van der Waals surface area contributed by atoms with Crippen LogP contribution >= 0.6 is 0 Å². The maximum absolute atomic E-state index is 13.0. The molecule has 38 heavy (non-hydrogen) atoms. The lowest BCUT2D eigenvalue weighted by molar-refractivity contribution is -0.121. The number of rotatable bonds is 11. The molecule has 1 unspecified atom stereocenters. The SMILES string of the molecule is COc1ccc(CCNC2CC(=O)N(c3ccc(C(=O)OCC(=O)c4ccccc4)cc3)C2=O)cc1OC. The molecule has 1 heterocycles. The Balaban J connectivity index is 1.31. The molecule has 1 atom stereocenters. The lowest BCUT2D eigenvalue weighted by Gasteiger charge is -2.16. The van der Waals surface area contributed by atoms with Crippen LogP contribution in [-0.2, 0) is 20.7 Å². The maximum Gasteiger partial charge on any atom is 0.338 e. The van der Waals surface area contributed by atoms with Gasteiger partial charge in [-0.15, -0.1) is 0 Å². The fourth-order valence-corrected chi connectivity index (χ4v) is 4.16. The second-order valence-corrected chi connectivity index (χ2v) is 8.63. The third kappa shape index (κ3) is 6.07. The van der Waals surface area contributed by atoms with Crippen molar-refractivity contribution in [1.82, 2.24) is 5.32 Å². The molecule has 9 nitrogen and oxygen atoms in total. The first kappa shape index (κ1) is 26.6. The van der Waals surface area contributed by atoms with Crippen molar-refractivity contribution in [3.8, 4) is 11.5 Å². The molecule has 3 aromatic carbocycles. The zero-order chi connectivity index (χ0) is 27.1. The largest absolute Gasteiger partial charge is 0.493 e. The van der Waals surface area contributed by atoms with E-state index < -0.39 is 12.0 Å². The third-order valence-electron chi connectivity index (χ3n) is 6.19. The topological polar surface area (TPSA) is 111 Å². The minimum Gasteiger partial charge on any atom is -0.493 e. The number of Topliss-reactive ketones (excluding diaryl/α,β-unsaturated/α-hetero) is 1. The number of carbonyl (C=O) groups excluding carboxylic acids is 4. The van der Waals surface area contributed by atoms with E-state index >= 15 is 0 Å². The fourth-order valence-electron chi connectivity index (χ4n) is 4.16. The quantitative estimate of drug-likeness (QED) is 0.235. The first-order chi connectivity index (χ1) is 18.4. The van der Waals surface area contributed by atoms with Gasteiger partial charge >= 0.3 is 5.97 Å². The number of hydrogen-bond acceptors (Lipinski definition) is 8. The minimum atomic E-state index is -0.672. The van der Waals surface area contributed by atoms with E-state index in [4.69, 9.17) is 14.2 Å². The number of nitrogens with one attached hydrogen (secondary N) is 1. The molecule has 0 saturated carbocycles. The van der Waals surface area contributed by atoms with Crippen molar-refractivity contribution >= 4 is 29.3 Å². The van der Waals surface area contributed by atoms with E-state index in [1.165, 1.54) is 24.3 Å². The number of ether oxygens (including phenoxy) is 3. The second-order valence-electron chi connectivity index (χ2n) is 8.63. The number of benzene rings is 3. The number of esters is 1. The summed E-state index contributed by atoms with van der Waals surface area (Å²) in [4.78, 5) is 51.2. The van der Waals surface area contributed by atoms with E-state index in [1.807, 2.05) is 18.2 Å². The summed E-state index contributed by atoms with van der Waals surface area (Å²) in [7, 11) is 3.14. The van der Waals surface area contributed by atoms with Crippen molar-refractivity contribution in [3.05, 3.63) is 89.5 Å². The third-order valence-corrected chi connectivity index (χ3v) is 6.19. The number of amides is 2. The van der Waals surface area contributed by atoms with Gasteiger partial charge in [0.15, 0.2) is 23.9 Å². The zero-order valence-electron chi connectivity index (χ0n) is 21.1. The maximum atomic E-state index is 13.0.